The van der Waals surface area contributed by atoms with Crippen LogP contribution in [0.25, 0.3) is 0 Å². The minimum absolute atomic E-state index is 0.152. The van der Waals surface area contributed by atoms with E-state index in [2.05, 4.69) is 10.3 Å². The average Bonchev–Trinajstić information content (AvgIpc) is 2.66. The van der Waals surface area contributed by atoms with Crippen molar-refractivity contribution < 1.29 is 4.79 Å². The number of aryl methyl sites for hydroxylation is 1. The lowest BCUT2D eigenvalue weighted by Crippen LogP contribution is -2.22. The Balaban J connectivity index is 2.04. The van der Waals surface area contributed by atoms with E-state index in [0.717, 1.165) is 11.4 Å². The van der Waals surface area contributed by atoms with Gasteiger partial charge in [-0.3, -0.25) is 9.36 Å². The van der Waals surface area contributed by atoms with Gasteiger partial charge in [0, 0.05) is 24.4 Å². The van der Waals surface area contributed by atoms with Crippen LogP contribution in [0, 0.1) is 13.8 Å². The van der Waals surface area contributed by atoms with Crippen LogP contribution in [0.2, 0.25) is 10.0 Å². The van der Waals surface area contributed by atoms with Crippen LogP contribution in [0.4, 0.5) is 5.69 Å². The molecule has 0 bridgehead atoms. The van der Waals surface area contributed by atoms with Gasteiger partial charge in [-0.05, 0) is 26.0 Å². The van der Waals surface area contributed by atoms with E-state index in [0.29, 0.717) is 22.3 Å². The fraction of sp³-hybridized carbons (Fsp3) is 0.286. The van der Waals surface area contributed by atoms with E-state index in [-0.39, 0.29) is 18.0 Å². The van der Waals surface area contributed by atoms with Crippen molar-refractivity contribution in [2.45, 2.75) is 26.8 Å². The maximum absolute atomic E-state index is 12.0. The predicted molar refractivity (Wildman–Crippen MR) is 84.2 cm³/mol. The summed E-state index contributed by atoms with van der Waals surface area (Å²) < 4.78 is 1.53. The van der Waals surface area contributed by atoms with Gasteiger partial charge in [0.2, 0.25) is 5.91 Å². The van der Waals surface area contributed by atoms with E-state index in [4.69, 9.17) is 23.2 Å². The molecule has 0 saturated heterocycles. The van der Waals surface area contributed by atoms with Crippen LogP contribution in [0.5, 0.6) is 0 Å². The van der Waals surface area contributed by atoms with Gasteiger partial charge in [0.25, 0.3) is 0 Å². The standard InChI is InChI=1S/C14H15Cl2N3O2/c1-8-9(2)19(14(21)17-8)7-6-12(20)18-13-10(15)4-3-5-11(13)16/h3-5H,6-7H2,1-2H3,(H,17,21)(H,18,20). The summed E-state index contributed by atoms with van der Waals surface area (Å²) in [6.45, 7) is 3.94. The van der Waals surface area contributed by atoms with Gasteiger partial charge >= 0.3 is 5.69 Å². The molecule has 0 aliphatic heterocycles. The van der Waals surface area contributed by atoms with E-state index in [9.17, 15) is 9.59 Å². The summed E-state index contributed by atoms with van der Waals surface area (Å²) in [5.41, 5.74) is 1.80. The van der Waals surface area contributed by atoms with Gasteiger partial charge in [0.15, 0.2) is 0 Å². The quantitative estimate of drug-likeness (QED) is 0.905. The highest BCUT2D eigenvalue weighted by Crippen LogP contribution is 2.29. The maximum atomic E-state index is 12.0. The van der Waals surface area contributed by atoms with Crippen LogP contribution < -0.4 is 11.0 Å². The molecule has 0 saturated carbocycles. The molecule has 1 aromatic heterocycles. The summed E-state index contributed by atoms with van der Waals surface area (Å²) in [4.78, 5) is 26.3. The molecule has 0 spiro atoms. The average molecular weight is 328 g/mol. The minimum atomic E-state index is -0.254. The first-order chi connectivity index (χ1) is 9.90. The molecule has 2 rings (SSSR count). The number of amides is 1. The molecule has 0 unspecified atom stereocenters. The Labute approximate surface area is 131 Å². The third-order valence-electron chi connectivity index (χ3n) is 3.28. The van der Waals surface area contributed by atoms with Crippen molar-refractivity contribution in [1.82, 2.24) is 9.55 Å². The highest BCUT2D eigenvalue weighted by Gasteiger charge is 2.12. The summed E-state index contributed by atoms with van der Waals surface area (Å²) in [5, 5.41) is 3.42. The monoisotopic (exact) mass is 327 g/mol. The Morgan fingerprint density at radius 3 is 2.43 bits per heavy atom. The highest BCUT2D eigenvalue weighted by molar-refractivity contribution is 6.39. The number of nitrogens with zero attached hydrogens (tertiary/aromatic N) is 1. The fourth-order valence-electron chi connectivity index (χ4n) is 1.97. The molecule has 0 radical (unpaired) electrons. The largest absolute Gasteiger partial charge is 0.325 e. The zero-order valence-corrected chi connectivity index (χ0v) is 13.2. The lowest BCUT2D eigenvalue weighted by Gasteiger charge is -2.09. The van der Waals surface area contributed by atoms with Crippen molar-refractivity contribution >= 4 is 34.8 Å². The number of hydrogen-bond donors (Lipinski definition) is 2. The number of hydrogen-bond acceptors (Lipinski definition) is 2. The normalized spacial score (nSPS) is 10.7. The van der Waals surface area contributed by atoms with E-state index >= 15 is 0 Å². The van der Waals surface area contributed by atoms with Crippen molar-refractivity contribution in [3.8, 4) is 0 Å². The first-order valence-electron chi connectivity index (χ1n) is 6.40. The molecule has 0 atom stereocenters. The van der Waals surface area contributed by atoms with E-state index in [1.165, 1.54) is 4.57 Å². The summed E-state index contributed by atoms with van der Waals surface area (Å²) in [7, 11) is 0. The molecule has 1 aromatic carbocycles. The number of rotatable bonds is 4. The van der Waals surface area contributed by atoms with Crippen LogP contribution in [0.15, 0.2) is 23.0 Å². The molecule has 1 amide bonds. The Morgan fingerprint density at radius 2 is 1.90 bits per heavy atom. The molecule has 2 N–H and O–H groups in total. The Bertz CT molecular complexity index is 714. The van der Waals surface area contributed by atoms with Gasteiger partial charge in [0.05, 0.1) is 15.7 Å². The minimum Gasteiger partial charge on any atom is -0.323 e. The lowest BCUT2D eigenvalue weighted by atomic mass is 10.3. The van der Waals surface area contributed by atoms with Gasteiger partial charge in [0.1, 0.15) is 0 Å². The van der Waals surface area contributed by atoms with Gasteiger partial charge in [-0.25, -0.2) is 4.79 Å². The molecule has 7 heteroatoms. The first-order valence-corrected chi connectivity index (χ1v) is 7.15. The smallest absolute Gasteiger partial charge is 0.323 e. The number of para-hydroxylation sites is 1. The second-order valence-corrected chi connectivity index (χ2v) is 5.50. The number of imidazole rings is 1. The molecule has 2 aromatic rings. The zero-order chi connectivity index (χ0) is 15.6. The number of nitrogens with one attached hydrogen (secondary N) is 2. The van der Waals surface area contributed by atoms with Gasteiger partial charge in [-0.1, -0.05) is 29.3 Å². The molecule has 112 valence electrons. The maximum Gasteiger partial charge on any atom is 0.325 e. The molecule has 0 aliphatic carbocycles. The van der Waals surface area contributed by atoms with E-state index < -0.39 is 0 Å². The molecule has 0 aliphatic rings. The van der Waals surface area contributed by atoms with Crippen LogP contribution in [-0.4, -0.2) is 15.5 Å². The second kappa shape index (κ2) is 6.37. The zero-order valence-electron chi connectivity index (χ0n) is 11.7. The van der Waals surface area contributed by atoms with Crippen LogP contribution in [0.1, 0.15) is 17.8 Å². The van der Waals surface area contributed by atoms with Gasteiger partial charge in [-0.15, -0.1) is 0 Å². The van der Waals surface area contributed by atoms with Crippen molar-refractivity contribution in [2.75, 3.05) is 5.32 Å². The van der Waals surface area contributed by atoms with Crippen molar-refractivity contribution in [3.05, 3.63) is 50.1 Å². The third-order valence-corrected chi connectivity index (χ3v) is 3.91. The molecule has 21 heavy (non-hydrogen) atoms. The molecule has 1 heterocycles. The summed E-state index contributed by atoms with van der Waals surface area (Å²) in [5.74, 6) is -0.254. The van der Waals surface area contributed by atoms with Crippen molar-refractivity contribution in [3.63, 3.8) is 0 Å². The Hall–Kier alpha value is -1.72. The van der Waals surface area contributed by atoms with Gasteiger partial charge < -0.3 is 10.3 Å². The van der Waals surface area contributed by atoms with Gasteiger partial charge in [-0.2, -0.15) is 0 Å². The van der Waals surface area contributed by atoms with Crippen molar-refractivity contribution in [2.24, 2.45) is 0 Å². The third kappa shape index (κ3) is 3.49. The summed E-state index contributed by atoms with van der Waals surface area (Å²) in [6, 6.07) is 4.99. The van der Waals surface area contributed by atoms with Crippen LogP contribution >= 0.6 is 23.2 Å². The van der Waals surface area contributed by atoms with Crippen molar-refractivity contribution in [1.29, 1.82) is 0 Å². The molecular weight excluding hydrogens is 313 g/mol. The second-order valence-electron chi connectivity index (χ2n) is 4.69. The Morgan fingerprint density at radius 1 is 1.29 bits per heavy atom. The molecule has 5 nitrogen and oxygen atoms in total. The van der Waals surface area contributed by atoms with Crippen LogP contribution in [-0.2, 0) is 11.3 Å². The van der Waals surface area contributed by atoms with E-state index in [1.807, 2.05) is 13.8 Å². The highest BCUT2D eigenvalue weighted by atomic mass is 35.5. The topological polar surface area (TPSA) is 66.9 Å². The number of aromatic amines is 1. The Kier molecular flexibility index (Phi) is 4.75. The van der Waals surface area contributed by atoms with Crippen LogP contribution in [0.3, 0.4) is 0 Å². The van der Waals surface area contributed by atoms with E-state index in [1.54, 1.807) is 18.2 Å². The summed E-state index contributed by atoms with van der Waals surface area (Å²) in [6.07, 6.45) is 0.152. The number of carbonyl (C=O) groups excluding carboxylic acids is 1. The lowest BCUT2D eigenvalue weighted by molar-refractivity contribution is -0.116. The number of H-pyrrole nitrogens is 1. The number of carbonyl (C=O) groups is 1. The fourth-order valence-corrected chi connectivity index (χ4v) is 2.47. The number of anilines is 1. The number of aromatic nitrogens is 2. The predicted octanol–water partition coefficient (Wildman–Crippen LogP) is 3.13. The number of halogens is 2. The SMILES string of the molecule is Cc1[nH]c(=O)n(CCC(=O)Nc2c(Cl)cccc2Cl)c1C. The molecular formula is C14H15Cl2N3O2. The first kappa shape index (κ1) is 15.7. The number of benzene rings is 1. The summed E-state index contributed by atoms with van der Waals surface area (Å²) >= 11 is 12.0. The molecule has 0 fully saturated rings.